The monoisotopic (exact) mass is 455 g/mol. The zero-order valence-electron chi connectivity index (χ0n) is 13.7. The van der Waals surface area contributed by atoms with Gasteiger partial charge >= 0.3 is 0 Å². The lowest BCUT2D eigenvalue weighted by Gasteiger charge is -2.13. The van der Waals surface area contributed by atoms with Crippen LogP contribution in [0.3, 0.4) is 0 Å². The Kier molecular flexibility index (Phi) is 7.12. The normalized spacial score (nSPS) is 10.8. The second-order valence-electron chi connectivity index (χ2n) is 5.00. The van der Waals surface area contributed by atoms with Crippen molar-refractivity contribution in [2.75, 3.05) is 13.2 Å². The largest absolute Gasteiger partial charge is 0.490 e. The standard InChI is InChI=1S/C19H19ClINO2/c1-4-9-24-19-16(21)10-14(11-18(19)23-5-2)12-22-17-8-6-7-15(20)13(17)3/h4,6-8,10-12H,1,5,9H2,2-3H3. The molecule has 2 aromatic rings. The van der Waals surface area contributed by atoms with E-state index in [4.69, 9.17) is 21.1 Å². The van der Waals surface area contributed by atoms with Crippen molar-refractivity contribution in [3.63, 3.8) is 0 Å². The van der Waals surface area contributed by atoms with E-state index in [1.807, 2.05) is 44.2 Å². The van der Waals surface area contributed by atoms with Gasteiger partial charge in [-0.3, -0.25) is 4.99 Å². The van der Waals surface area contributed by atoms with Crippen molar-refractivity contribution in [2.24, 2.45) is 4.99 Å². The first-order valence-corrected chi connectivity index (χ1v) is 9.01. The van der Waals surface area contributed by atoms with E-state index in [0.29, 0.717) is 24.0 Å². The summed E-state index contributed by atoms with van der Waals surface area (Å²) in [5.74, 6) is 1.43. The van der Waals surface area contributed by atoms with Crippen LogP contribution in [-0.4, -0.2) is 19.4 Å². The van der Waals surface area contributed by atoms with Gasteiger partial charge in [0.05, 0.1) is 15.9 Å². The van der Waals surface area contributed by atoms with Crippen molar-refractivity contribution in [3.05, 3.63) is 62.7 Å². The average Bonchev–Trinajstić information content (AvgIpc) is 2.56. The van der Waals surface area contributed by atoms with E-state index >= 15 is 0 Å². The van der Waals surface area contributed by atoms with Crippen molar-refractivity contribution >= 4 is 46.1 Å². The van der Waals surface area contributed by atoms with Crippen LogP contribution in [0.5, 0.6) is 11.5 Å². The van der Waals surface area contributed by atoms with Gasteiger partial charge in [-0.05, 0) is 71.8 Å². The maximum absolute atomic E-state index is 6.14. The van der Waals surface area contributed by atoms with Crippen molar-refractivity contribution in [1.82, 2.24) is 0 Å². The van der Waals surface area contributed by atoms with Gasteiger partial charge in [0.25, 0.3) is 0 Å². The fourth-order valence-corrected chi connectivity index (χ4v) is 3.04. The van der Waals surface area contributed by atoms with Crippen molar-refractivity contribution < 1.29 is 9.47 Å². The zero-order valence-corrected chi connectivity index (χ0v) is 16.6. The molecule has 0 amide bonds. The van der Waals surface area contributed by atoms with Gasteiger partial charge in [-0.25, -0.2) is 0 Å². The molecule has 0 atom stereocenters. The molecular weight excluding hydrogens is 437 g/mol. The van der Waals surface area contributed by atoms with Crippen LogP contribution in [0.25, 0.3) is 0 Å². The van der Waals surface area contributed by atoms with Crippen LogP contribution in [0.1, 0.15) is 18.1 Å². The van der Waals surface area contributed by atoms with E-state index in [1.54, 1.807) is 12.3 Å². The summed E-state index contributed by atoms with van der Waals surface area (Å²) < 4.78 is 12.4. The SMILES string of the molecule is C=CCOc1c(I)cc(C=Nc2cccc(Cl)c2C)cc1OCC. The molecule has 0 aromatic heterocycles. The molecule has 3 nitrogen and oxygen atoms in total. The predicted octanol–water partition coefficient (Wildman–Crippen LogP) is 5.97. The molecule has 0 saturated carbocycles. The summed E-state index contributed by atoms with van der Waals surface area (Å²) in [5, 5.41) is 0.711. The van der Waals surface area contributed by atoms with Crippen LogP contribution in [0.15, 0.2) is 48.0 Å². The third-order valence-corrected chi connectivity index (χ3v) is 4.48. The number of hydrogen-bond donors (Lipinski definition) is 0. The summed E-state index contributed by atoms with van der Waals surface area (Å²) in [4.78, 5) is 4.55. The minimum absolute atomic E-state index is 0.436. The first-order valence-electron chi connectivity index (χ1n) is 7.56. The summed E-state index contributed by atoms with van der Waals surface area (Å²) in [7, 11) is 0. The Hall–Kier alpha value is -1.53. The van der Waals surface area contributed by atoms with Crippen LogP contribution in [-0.2, 0) is 0 Å². The molecular formula is C19H19ClINO2. The highest BCUT2D eigenvalue weighted by Gasteiger charge is 2.11. The fourth-order valence-electron chi connectivity index (χ4n) is 2.09. The second-order valence-corrected chi connectivity index (χ2v) is 6.57. The maximum Gasteiger partial charge on any atom is 0.174 e. The highest BCUT2D eigenvalue weighted by Crippen LogP contribution is 2.34. The van der Waals surface area contributed by atoms with Crippen molar-refractivity contribution in [1.29, 1.82) is 0 Å². The summed E-state index contributed by atoms with van der Waals surface area (Å²) in [6.07, 6.45) is 3.52. The van der Waals surface area contributed by atoms with Crippen LogP contribution in [0, 0.1) is 10.5 Å². The van der Waals surface area contributed by atoms with Gasteiger partial charge in [-0.1, -0.05) is 30.3 Å². The first kappa shape index (κ1) is 18.8. The van der Waals surface area contributed by atoms with E-state index in [0.717, 1.165) is 26.1 Å². The number of nitrogens with zero attached hydrogens (tertiary/aromatic N) is 1. The molecule has 2 rings (SSSR count). The lowest BCUT2D eigenvalue weighted by atomic mass is 10.2. The molecule has 126 valence electrons. The molecule has 0 N–H and O–H groups in total. The Balaban J connectivity index is 2.35. The Morgan fingerprint density at radius 1 is 1.29 bits per heavy atom. The van der Waals surface area contributed by atoms with Gasteiger partial charge in [0.2, 0.25) is 0 Å². The van der Waals surface area contributed by atoms with Crippen molar-refractivity contribution in [3.8, 4) is 11.5 Å². The molecule has 0 bridgehead atoms. The van der Waals surface area contributed by atoms with Crippen molar-refractivity contribution in [2.45, 2.75) is 13.8 Å². The Morgan fingerprint density at radius 2 is 2.08 bits per heavy atom. The molecule has 0 saturated heterocycles. The maximum atomic E-state index is 6.14. The van der Waals surface area contributed by atoms with Gasteiger partial charge in [0.15, 0.2) is 11.5 Å². The third kappa shape index (κ3) is 4.74. The second kappa shape index (κ2) is 9.08. The fraction of sp³-hybridized carbons (Fsp3) is 0.211. The molecule has 2 aromatic carbocycles. The quantitative estimate of drug-likeness (QED) is 0.293. The topological polar surface area (TPSA) is 30.8 Å². The van der Waals surface area contributed by atoms with Crippen LogP contribution >= 0.6 is 34.2 Å². The summed E-state index contributed by atoms with van der Waals surface area (Å²) in [6, 6.07) is 9.62. The average molecular weight is 456 g/mol. The van der Waals surface area contributed by atoms with Crippen LogP contribution < -0.4 is 9.47 Å². The number of ether oxygens (including phenoxy) is 2. The molecule has 5 heteroatoms. The first-order chi connectivity index (χ1) is 11.6. The summed E-state index contributed by atoms with van der Waals surface area (Å²) in [5.41, 5.74) is 2.75. The van der Waals surface area contributed by atoms with Crippen LogP contribution in [0.4, 0.5) is 5.69 Å². The summed E-state index contributed by atoms with van der Waals surface area (Å²) >= 11 is 8.37. The highest BCUT2D eigenvalue weighted by molar-refractivity contribution is 14.1. The molecule has 0 radical (unpaired) electrons. The molecule has 0 aliphatic carbocycles. The van der Waals surface area contributed by atoms with E-state index < -0.39 is 0 Å². The van der Waals surface area contributed by atoms with Gasteiger partial charge in [0, 0.05) is 11.2 Å². The number of hydrogen-bond acceptors (Lipinski definition) is 3. The van der Waals surface area contributed by atoms with E-state index in [2.05, 4.69) is 34.2 Å². The number of benzene rings is 2. The molecule has 0 heterocycles. The molecule has 0 fully saturated rings. The highest BCUT2D eigenvalue weighted by atomic mass is 127. The molecule has 24 heavy (non-hydrogen) atoms. The molecule has 0 aliphatic heterocycles. The molecule has 0 unspecified atom stereocenters. The molecule has 0 aliphatic rings. The Bertz CT molecular complexity index is 759. The van der Waals surface area contributed by atoms with Gasteiger partial charge in [0.1, 0.15) is 6.61 Å². The van der Waals surface area contributed by atoms with Crippen LogP contribution in [0.2, 0.25) is 5.02 Å². The lowest BCUT2D eigenvalue weighted by molar-refractivity contribution is 0.295. The lowest BCUT2D eigenvalue weighted by Crippen LogP contribution is -2.02. The van der Waals surface area contributed by atoms with E-state index in [9.17, 15) is 0 Å². The third-order valence-electron chi connectivity index (χ3n) is 3.27. The number of aliphatic imine (C=N–C) groups is 1. The van der Waals surface area contributed by atoms with E-state index in [1.165, 1.54) is 0 Å². The minimum atomic E-state index is 0.436. The Labute approximate surface area is 161 Å². The zero-order chi connectivity index (χ0) is 17.5. The van der Waals surface area contributed by atoms with Gasteiger partial charge in [-0.15, -0.1) is 0 Å². The number of rotatable bonds is 7. The molecule has 0 spiro atoms. The van der Waals surface area contributed by atoms with Gasteiger partial charge < -0.3 is 9.47 Å². The van der Waals surface area contributed by atoms with Gasteiger partial charge in [-0.2, -0.15) is 0 Å². The number of halogens is 2. The Morgan fingerprint density at radius 3 is 2.79 bits per heavy atom. The minimum Gasteiger partial charge on any atom is -0.490 e. The summed E-state index contributed by atoms with van der Waals surface area (Å²) in [6.45, 7) is 8.58. The smallest absolute Gasteiger partial charge is 0.174 e. The predicted molar refractivity (Wildman–Crippen MR) is 109 cm³/mol. The van der Waals surface area contributed by atoms with E-state index in [-0.39, 0.29) is 0 Å².